The molecule has 0 saturated carbocycles. The number of aromatic nitrogens is 4. The molecule has 3 heterocycles. The van der Waals surface area contributed by atoms with Gasteiger partial charge in [-0.25, -0.2) is 4.98 Å². The predicted octanol–water partition coefficient (Wildman–Crippen LogP) is 1.54. The van der Waals surface area contributed by atoms with Gasteiger partial charge >= 0.3 is 0 Å². The highest BCUT2D eigenvalue weighted by molar-refractivity contribution is 5.90. The Hall–Kier alpha value is -3.62. The molecule has 29 heavy (non-hydrogen) atoms. The lowest BCUT2D eigenvalue weighted by molar-refractivity contribution is -0.116. The minimum absolute atomic E-state index is 0.117. The van der Waals surface area contributed by atoms with Crippen molar-refractivity contribution < 1.29 is 14.3 Å². The third-order valence-electron chi connectivity index (χ3n) is 4.70. The van der Waals surface area contributed by atoms with Crippen LogP contribution in [0.25, 0.3) is 0 Å². The highest BCUT2D eigenvalue weighted by atomic mass is 16.6. The number of carbonyl (C=O) groups is 1. The molecule has 0 saturated heterocycles. The van der Waals surface area contributed by atoms with Crippen LogP contribution in [0.3, 0.4) is 0 Å². The molecule has 9 nitrogen and oxygen atoms in total. The summed E-state index contributed by atoms with van der Waals surface area (Å²) in [6.45, 7) is 4.23. The molecule has 1 atom stereocenters. The molecule has 4 rings (SSSR count). The van der Waals surface area contributed by atoms with Crippen molar-refractivity contribution >= 4 is 11.6 Å². The first-order chi connectivity index (χ1) is 14.0. The fourth-order valence-corrected chi connectivity index (χ4v) is 3.03. The third kappa shape index (κ3) is 4.13. The van der Waals surface area contributed by atoms with E-state index >= 15 is 0 Å². The zero-order chi connectivity index (χ0) is 20.4. The van der Waals surface area contributed by atoms with Gasteiger partial charge in [0.15, 0.2) is 17.6 Å². The smallest absolute Gasteiger partial charge is 0.256 e. The second kappa shape index (κ2) is 7.78. The van der Waals surface area contributed by atoms with Crippen molar-refractivity contribution in [1.82, 2.24) is 19.3 Å². The van der Waals surface area contributed by atoms with Gasteiger partial charge in [-0.15, -0.1) is 0 Å². The van der Waals surface area contributed by atoms with Crippen LogP contribution in [0, 0.1) is 13.8 Å². The Morgan fingerprint density at radius 3 is 2.90 bits per heavy atom. The number of fused-ring (bicyclic) bond motifs is 1. The summed E-state index contributed by atoms with van der Waals surface area (Å²) in [6, 6.07) is 7.51. The van der Waals surface area contributed by atoms with Crippen LogP contribution in [-0.2, 0) is 17.9 Å². The maximum atomic E-state index is 12.3. The van der Waals surface area contributed by atoms with Crippen molar-refractivity contribution in [2.24, 2.45) is 0 Å². The Balaban J connectivity index is 1.35. The van der Waals surface area contributed by atoms with E-state index in [1.165, 1.54) is 10.9 Å². The standard InChI is InChI=1S/C20H21N5O4/c1-13-14(2)21-12-24(20(13)27)10-19(26)23-15-7-22-25(8-15)9-16-11-28-17-5-3-4-6-18(17)29-16/h3-8,12,16H,9-11H2,1-2H3,(H,23,26)/t16-/m0/s1. The van der Waals surface area contributed by atoms with Gasteiger partial charge in [-0.2, -0.15) is 5.10 Å². The summed E-state index contributed by atoms with van der Waals surface area (Å²) in [5.74, 6) is 1.10. The van der Waals surface area contributed by atoms with Crippen LogP contribution in [0.15, 0.2) is 47.8 Å². The number of ether oxygens (including phenoxy) is 2. The monoisotopic (exact) mass is 395 g/mol. The summed E-state index contributed by atoms with van der Waals surface area (Å²) < 4.78 is 14.6. The van der Waals surface area contributed by atoms with Crippen LogP contribution < -0.4 is 20.3 Å². The molecule has 0 unspecified atom stereocenters. The first-order valence-corrected chi connectivity index (χ1v) is 9.23. The maximum absolute atomic E-state index is 12.3. The summed E-state index contributed by atoms with van der Waals surface area (Å²) >= 11 is 0. The molecule has 0 aliphatic carbocycles. The second-order valence-corrected chi connectivity index (χ2v) is 6.88. The summed E-state index contributed by atoms with van der Waals surface area (Å²) in [5, 5.41) is 7.00. The van der Waals surface area contributed by atoms with E-state index in [-0.39, 0.29) is 24.1 Å². The molecule has 1 amide bonds. The molecule has 1 N–H and O–H groups in total. The van der Waals surface area contributed by atoms with Gasteiger partial charge < -0.3 is 14.8 Å². The van der Waals surface area contributed by atoms with Gasteiger partial charge in [-0.3, -0.25) is 18.8 Å². The molecule has 3 aromatic rings. The van der Waals surface area contributed by atoms with E-state index in [1.807, 2.05) is 24.3 Å². The average molecular weight is 395 g/mol. The van der Waals surface area contributed by atoms with E-state index in [2.05, 4.69) is 15.4 Å². The Bertz CT molecular complexity index is 1100. The zero-order valence-electron chi connectivity index (χ0n) is 16.2. The largest absolute Gasteiger partial charge is 0.486 e. The molecule has 0 bridgehead atoms. The maximum Gasteiger partial charge on any atom is 0.256 e. The Labute approximate surface area is 166 Å². The van der Waals surface area contributed by atoms with Crippen molar-refractivity contribution in [3.8, 4) is 11.5 Å². The molecule has 1 aliphatic rings. The number of aryl methyl sites for hydroxylation is 1. The molecule has 0 spiro atoms. The van der Waals surface area contributed by atoms with E-state index in [1.54, 1.807) is 30.9 Å². The molecule has 9 heteroatoms. The van der Waals surface area contributed by atoms with E-state index in [0.29, 0.717) is 35.8 Å². The quantitative estimate of drug-likeness (QED) is 0.703. The summed E-state index contributed by atoms with van der Waals surface area (Å²) in [6.07, 6.45) is 4.46. The number of anilines is 1. The van der Waals surface area contributed by atoms with Crippen molar-refractivity contribution in [3.05, 3.63) is 64.6 Å². The predicted molar refractivity (Wildman–Crippen MR) is 105 cm³/mol. The molecular weight excluding hydrogens is 374 g/mol. The van der Waals surface area contributed by atoms with Crippen LogP contribution >= 0.6 is 0 Å². The van der Waals surface area contributed by atoms with Crippen molar-refractivity contribution in [1.29, 1.82) is 0 Å². The summed E-state index contributed by atoms with van der Waals surface area (Å²) in [7, 11) is 0. The molecule has 1 aromatic carbocycles. The van der Waals surface area contributed by atoms with Gasteiger partial charge in [0.05, 0.1) is 24.8 Å². The Kier molecular flexibility index (Phi) is 5.03. The topological polar surface area (TPSA) is 100 Å². The number of carbonyl (C=O) groups excluding carboxylic acids is 1. The normalized spacial score (nSPS) is 15.2. The van der Waals surface area contributed by atoms with Gasteiger partial charge in [0.25, 0.3) is 5.56 Å². The van der Waals surface area contributed by atoms with Gasteiger partial charge in [-0.1, -0.05) is 12.1 Å². The van der Waals surface area contributed by atoms with Crippen LogP contribution in [0.1, 0.15) is 11.3 Å². The lowest BCUT2D eigenvalue weighted by atomic mass is 10.2. The summed E-state index contributed by atoms with van der Waals surface area (Å²) in [5.41, 5.74) is 1.50. The fourth-order valence-electron chi connectivity index (χ4n) is 3.03. The van der Waals surface area contributed by atoms with E-state index in [9.17, 15) is 9.59 Å². The highest BCUT2D eigenvalue weighted by Gasteiger charge is 2.21. The number of hydrogen-bond acceptors (Lipinski definition) is 6. The Morgan fingerprint density at radius 2 is 2.07 bits per heavy atom. The molecule has 2 aromatic heterocycles. The first-order valence-electron chi connectivity index (χ1n) is 9.23. The molecule has 1 aliphatic heterocycles. The molecule has 0 fully saturated rings. The summed E-state index contributed by atoms with van der Waals surface area (Å²) in [4.78, 5) is 28.6. The zero-order valence-corrected chi connectivity index (χ0v) is 16.2. The highest BCUT2D eigenvalue weighted by Crippen LogP contribution is 2.31. The minimum Gasteiger partial charge on any atom is -0.486 e. The van der Waals surface area contributed by atoms with Gasteiger partial charge in [0, 0.05) is 17.5 Å². The van der Waals surface area contributed by atoms with E-state index in [4.69, 9.17) is 9.47 Å². The van der Waals surface area contributed by atoms with E-state index < -0.39 is 0 Å². The first kappa shape index (κ1) is 18.7. The van der Waals surface area contributed by atoms with Crippen LogP contribution in [-0.4, -0.2) is 37.9 Å². The van der Waals surface area contributed by atoms with Crippen molar-refractivity contribution in [2.75, 3.05) is 11.9 Å². The van der Waals surface area contributed by atoms with Gasteiger partial charge in [-0.05, 0) is 26.0 Å². The number of rotatable bonds is 5. The van der Waals surface area contributed by atoms with Gasteiger partial charge in [0.1, 0.15) is 13.2 Å². The van der Waals surface area contributed by atoms with Crippen LogP contribution in [0.5, 0.6) is 11.5 Å². The van der Waals surface area contributed by atoms with Crippen molar-refractivity contribution in [2.45, 2.75) is 33.0 Å². The number of para-hydroxylation sites is 2. The number of amides is 1. The third-order valence-corrected chi connectivity index (χ3v) is 4.70. The average Bonchev–Trinajstić information content (AvgIpc) is 3.15. The number of nitrogens with one attached hydrogen (secondary N) is 1. The SMILES string of the molecule is Cc1ncn(CC(=O)Nc2cnn(C[C@H]3COc4ccccc4O3)c2)c(=O)c1C. The van der Waals surface area contributed by atoms with Crippen molar-refractivity contribution in [3.63, 3.8) is 0 Å². The lowest BCUT2D eigenvalue weighted by Crippen LogP contribution is -2.33. The fraction of sp³-hybridized carbons (Fsp3) is 0.300. The molecular formula is C20H21N5O4. The number of benzene rings is 1. The van der Waals surface area contributed by atoms with Crippen LogP contribution in [0.4, 0.5) is 5.69 Å². The minimum atomic E-state index is -0.331. The Morgan fingerprint density at radius 1 is 1.28 bits per heavy atom. The van der Waals surface area contributed by atoms with E-state index in [0.717, 1.165) is 5.75 Å². The second-order valence-electron chi connectivity index (χ2n) is 6.88. The lowest BCUT2D eigenvalue weighted by Gasteiger charge is -2.26. The molecule has 0 radical (unpaired) electrons. The van der Waals surface area contributed by atoms with Gasteiger partial charge in [0.2, 0.25) is 5.91 Å². The van der Waals surface area contributed by atoms with Crippen LogP contribution in [0.2, 0.25) is 0 Å². The molecule has 150 valence electrons. The number of nitrogens with zero attached hydrogens (tertiary/aromatic N) is 4. The number of hydrogen-bond donors (Lipinski definition) is 1.